The zero-order valence-electron chi connectivity index (χ0n) is 14.7. The largest absolute Gasteiger partial charge is 0.497 e. The average Bonchev–Trinajstić information content (AvgIpc) is 2.58. The van der Waals surface area contributed by atoms with Crippen LogP contribution in [0.4, 0.5) is 5.69 Å². The van der Waals surface area contributed by atoms with Crippen molar-refractivity contribution in [1.29, 1.82) is 0 Å². The molecule has 0 fully saturated rings. The van der Waals surface area contributed by atoms with Crippen LogP contribution < -0.4 is 14.4 Å². The highest BCUT2D eigenvalue weighted by Gasteiger charge is 2.18. The molecule has 134 valence electrons. The Kier molecular flexibility index (Phi) is 8.46. The average molecular weight is 339 g/mol. The summed E-state index contributed by atoms with van der Waals surface area (Å²) in [5.41, 5.74) is 0.677. The van der Waals surface area contributed by atoms with Crippen molar-refractivity contribution in [1.82, 2.24) is 0 Å². The van der Waals surface area contributed by atoms with Gasteiger partial charge >= 0.3 is 11.9 Å². The van der Waals surface area contributed by atoms with Gasteiger partial charge in [-0.05, 0) is 26.0 Å². The van der Waals surface area contributed by atoms with Crippen molar-refractivity contribution in [2.45, 2.75) is 20.3 Å². The molecule has 0 amide bonds. The molecule has 1 rings (SSSR count). The first-order chi connectivity index (χ1) is 11.5. The van der Waals surface area contributed by atoms with Crippen LogP contribution in [0.2, 0.25) is 0 Å². The summed E-state index contributed by atoms with van der Waals surface area (Å²) >= 11 is 0. The third-order valence-corrected chi connectivity index (χ3v) is 3.24. The minimum absolute atomic E-state index is 0.00985. The van der Waals surface area contributed by atoms with Crippen LogP contribution in [-0.2, 0) is 19.1 Å². The fraction of sp³-hybridized carbons (Fsp3) is 0.529. The molecule has 0 spiro atoms. The van der Waals surface area contributed by atoms with Crippen LogP contribution in [0.3, 0.4) is 0 Å². The molecule has 1 aromatic rings. The fourth-order valence-electron chi connectivity index (χ4n) is 2.15. The van der Waals surface area contributed by atoms with Crippen molar-refractivity contribution in [3.8, 4) is 11.5 Å². The van der Waals surface area contributed by atoms with E-state index in [2.05, 4.69) is 0 Å². The van der Waals surface area contributed by atoms with E-state index in [4.69, 9.17) is 18.9 Å². The van der Waals surface area contributed by atoms with Crippen LogP contribution >= 0.6 is 0 Å². The summed E-state index contributed by atoms with van der Waals surface area (Å²) in [4.78, 5) is 25.2. The fourth-order valence-corrected chi connectivity index (χ4v) is 2.15. The third kappa shape index (κ3) is 5.98. The monoisotopic (exact) mass is 339 g/mol. The van der Waals surface area contributed by atoms with Crippen molar-refractivity contribution in [3.05, 3.63) is 18.2 Å². The highest BCUT2D eigenvalue weighted by molar-refractivity contribution is 5.78. The summed E-state index contributed by atoms with van der Waals surface area (Å²) < 4.78 is 20.5. The Bertz CT molecular complexity index is 546. The third-order valence-electron chi connectivity index (χ3n) is 3.24. The van der Waals surface area contributed by atoms with Gasteiger partial charge in [0.1, 0.15) is 18.0 Å². The predicted molar refractivity (Wildman–Crippen MR) is 89.6 cm³/mol. The van der Waals surface area contributed by atoms with E-state index in [1.54, 1.807) is 44.1 Å². The predicted octanol–water partition coefficient (Wildman–Crippen LogP) is 2.03. The van der Waals surface area contributed by atoms with Crippen LogP contribution in [0.15, 0.2) is 18.2 Å². The van der Waals surface area contributed by atoms with Gasteiger partial charge in [0.25, 0.3) is 0 Å². The normalized spacial score (nSPS) is 10.0. The van der Waals surface area contributed by atoms with Gasteiger partial charge in [0.2, 0.25) is 0 Å². The topological polar surface area (TPSA) is 74.3 Å². The lowest BCUT2D eigenvalue weighted by Crippen LogP contribution is -2.33. The van der Waals surface area contributed by atoms with E-state index in [1.807, 2.05) is 0 Å². The second-order valence-corrected chi connectivity index (χ2v) is 4.82. The van der Waals surface area contributed by atoms with Crippen LogP contribution in [-0.4, -0.2) is 52.5 Å². The van der Waals surface area contributed by atoms with E-state index in [0.29, 0.717) is 36.9 Å². The number of esters is 2. The molecule has 0 N–H and O–H groups in total. The molecule has 0 aliphatic heterocycles. The standard InChI is InChI=1S/C17H25NO6/c1-5-23-16(19)9-10-18(12-17(20)24-6-2)14-8-7-13(21-3)11-15(14)22-4/h7-8,11H,5-6,9-10,12H2,1-4H3. The van der Waals surface area contributed by atoms with Gasteiger partial charge in [-0.2, -0.15) is 0 Å². The van der Waals surface area contributed by atoms with Gasteiger partial charge in [-0.1, -0.05) is 0 Å². The number of hydrogen-bond acceptors (Lipinski definition) is 7. The highest BCUT2D eigenvalue weighted by atomic mass is 16.5. The molecule has 1 aromatic carbocycles. The maximum atomic E-state index is 11.9. The number of methoxy groups -OCH3 is 2. The van der Waals surface area contributed by atoms with Gasteiger partial charge in [-0.3, -0.25) is 9.59 Å². The van der Waals surface area contributed by atoms with Crippen molar-refractivity contribution >= 4 is 17.6 Å². The SMILES string of the molecule is CCOC(=O)CCN(CC(=O)OCC)c1ccc(OC)cc1OC. The Morgan fingerprint density at radius 2 is 1.67 bits per heavy atom. The lowest BCUT2D eigenvalue weighted by Gasteiger charge is -2.25. The van der Waals surface area contributed by atoms with E-state index < -0.39 is 0 Å². The summed E-state index contributed by atoms with van der Waals surface area (Å²) in [6.07, 6.45) is 0.155. The van der Waals surface area contributed by atoms with Crippen LogP contribution in [0.25, 0.3) is 0 Å². The Morgan fingerprint density at radius 3 is 2.25 bits per heavy atom. The zero-order chi connectivity index (χ0) is 17.9. The molecule has 0 heterocycles. The van der Waals surface area contributed by atoms with E-state index in [0.717, 1.165) is 0 Å². The van der Waals surface area contributed by atoms with Gasteiger partial charge in [-0.15, -0.1) is 0 Å². The molecule has 7 nitrogen and oxygen atoms in total. The van der Waals surface area contributed by atoms with E-state index in [-0.39, 0.29) is 24.9 Å². The van der Waals surface area contributed by atoms with Crippen molar-refractivity contribution in [2.75, 3.05) is 45.4 Å². The quantitative estimate of drug-likeness (QED) is 0.604. The number of hydrogen-bond donors (Lipinski definition) is 0. The molecule has 0 saturated carbocycles. The van der Waals surface area contributed by atoms with Crippen molar-refractivity contribution < 1.29 is 28.5 Å². The van der Waals surface area contributed by atoms with Crippen molar-refractivity contribution in [2.24, 2.45) is 0 Å². The molecular weight excluding hydrogens is 314 g/mol. The molecule has 0 aliphatic carbocycles. The molecule has 0 aromatic heterocycles. The summed E-state index contributed by atoms with van der Waals surface area (Å²) in [6.45, 7) is 4.43. The van der Waals surface area contributed by atoms with E-state index >= 15 is 0 Å². The smallest absolute Gasteiger partial charge is 0.325 e. The number of rotatable bonds is 10. The molecule has 0 atom stereocenters. The summed E-state index contributed by atoms with van der Waals surface area (Å²) in [6, 6.07) is 5.26. The molecule has 0 aliphatic rings. The van der Waals surface area contributed by atoms with Crippen LogP contribution in [0.1, 0.15) is 20.3 Å². The number of carbonyl (C=O) groups excluding carboxylic acids is 2. The van der Waals surface area contributed by atoms with Crippen LogP contribution in [0, 0.1) is 0 Å². The first-order valence-electron chi connectivity index (χ1n) is 7.83. The number of carbonyl (C=O) groups is 2. The Labute approximate surface area is 142 Å². The zero-order valence-corrected chi connectivity index (χ0v) is 14.7. The molecule has 0 radical (unpaired) electrons. The Balaban J connectivity index is 2.98. The molecule has 0 unspecified atom stereocenters. The van der Waals surface area contributed by atoms with Gasteiger partial charge < -0.3 is 23.8 Å². The Morgan fingerprint density at radius 1 is 1.00 bits per heavy atom. The number of nitrogens with zero attached hydrogens (tertiary/aromatic N) is 1. The molecular formula is C17H25NO6. The van der Waals surface area contributed by atoms with Gasteiger partial charge in [0.15, 0.2) is 0 Å². The summed E-state index contributed by atoms with van der Waals surface area (Å²) in [5, 5.41) is 0. The number of benzene rings is 1. The minimum Gasteiger partial charge on any atom is -0.497 e. The second kappa shape index (κ2) is 10.4. The van der Waals surface area contributed by atoms with E-state index in [1.165, 1.54) is 7.11 Å². The molecule has 24 heavy (non-hydrogen) atoms. The summed E-state index contributed by atoms with van der Waals surface area (Å²) in [7, 11) is 3.09. The lowest BCUT2D eigenvalue weighted by molar-refractivity contribution is -0.144. The molecule has 7 heteroatoms. The van der Waals surface area contributed by atoms with Crippen molar-refractivity contribution in [3.63, 3.8) is 0 Å². The molecule has 0 saturated heterocycles. The second-order valence-electron chi connectivity index (χ2n) is 4.82. The van der Waals surface area contributed by atoms with Gasteiger partial charge in [0.05, 0.1) is 39.5 Å². The number of anilines is 1. The van der Waals surface area contributed by atoms with Crippen LogP contribution in [0.5, 0.6) is 11.5 Å². The Hall–Kier alpha value is -2.44. The number of ether oxygens (including phenoxy) is 4. The first-order valence-corrected chi connectivity index (χ1v) is 7.83. The molecule has 0 bridgehead atoms. The minimum atomic E-state index is -0.376. The maximum Gasteiger partial charge on any atom is 0.325 e. The highest BCUT2D eigenvalue weighted by Crippen LogP contribution is 2.32. The van der Waals surface area contributed by atoms with Gasteiger partial charge in [-0.25, -0.2) is 0 Å². The maximum absolute atomic E-state index is 11.9. The van der Waals surface area contributed by atoms with Gasteiger partial charge in [0, 0.05) is 12.6 Å². The first kappa shape index (κ1) is 19.6. The lowest BCUT2D eigenvalue weighted by atomic mass is 10.2. The van der Waals surface area contributed by atoms with E-state index in [9.17, 15) is 9.59 Å². The summed E-state index contributed by atoms with van der Waals surface area (Å²) in [5.74, 6) is 0.484.